The van der Waals surface area contributed by atoms with Gasteiger partial charge in [0.05, 0.1) is 21.4 Å². The Morgan fingerprint density at radius 1 is 1.27 bits per heavy atom. The van der Waals surface area contributed by atoms with Crippen LogP contribution in [0.15, 0.2) is 23.6 Å². The minimum Gasteiger partial charge on any atom is -0.297 e. The summed E-state index contributed by atoms with van der Waals surface area (Å²) in [5.74, 6) is 1.31. The van der Waals surface area contributed by atoms with Gasteiger partial charge in [-0.3, -0.25) is 14.6 Å². The Labute approximate surface area is 168 Å². The third-order valence-corrected chi connectivity index (χ3v) is 6.15. The van der Waals surface area contributed by atoms with Crippen LogP contribution in [0.3, 0.4) is 0 Å². The maximum absolute atomic E-state index is 12.2. The monoisotopic (exact) mass is 411 g/mol. The average Bonchev–Trinajstić information content (AvgIpc) is 2.97. The van der Waals surface area contributed by atoms with Crippen LogP contribution in [-0.4, -0.2) is 28.9 Å². The Hall–Kier alpha value is -1.14. The Bertz CT molecular complexity index is 785. The second-order valence-corrected chi connectivity index (χ2v) is 8.87. The van der Waals surface area contributed by atoms with Gasteiger partial charge in [0, 0.05) is 31.9 Å². The molecule has 2 aromatic rings. The van der Waals surface area contributed by atoms with E-state index in [-0.39, 0.29) is 5.91 Å². The number of hydrogen-bond donors (Lipinski definition) is 0. The smallest absolute Gasteiger partial charge is 0.230 e. The highest BCUT2D eigenvalue weighted by Crippen LogP contribution is 2.33. The van der Waals surface area contributed by atoms with Crippen LogP contribution in [0.2, 0.25) is 10.0 Å². The highest BCUT2D eigenvalue weighted by molar-refractivity contribution is 7.14. The lowest BCUT2D eigenvalue weighted by Gasteiger charge is -2.34. The average molecular weight is 412 g/mol. The molecule has 0 saturated carbocycles. The molecule has 26 heavy (non-hydrogen) atoms. The molecule has 0 N–H and O–H groups in total. The molecule has 1 aliphatic heterocycles. The minimum atomic E-state index is -0.107. The lowest BCUT2D eigenvalue weighted by atomic mass is 9.92. The van der Waals surface area contributed by atoms with Gasteiger partial charge in [0.15, 0.2) is 5.13 Å². The number of rotatable bonds is 4. The van der Waals surface area contributed by atoms with E-state index >= 15 is 0 Å². The number of aromatic nitrogens is 1. The predicted octanol–water partition coefficient (Wildman–Crippen LogP) is 5.61. The van der Waals surface area contributed by atoms with Gasteiger partial charge in [-0.05, 0) is 36.5 Å². The van der Waals surface area contributed by atoms with Crippen LogP contribution in [0.4, 0.5) is 10.8 Å². The van der Waals surface area contributed by atoms with Crippen LogP contribution in [0.1, 0.15) is 32.9 Å². The second-order valence-electron chi connectivity index (χ2n) is 7.21. The fraction of sp³-hybridized carbons (Fsp3) is 0.474. The lowest BCUT2D eigenvalue weighted by molar-refractivity contribution is -0.115. The van der Waals surface area contributed by atoms with Gasteiger partial charge in [0.25, 0.3) is 0 Å². The highest BCUT2D eigenvalue weighted by atomic mass is 35.5. The number of nitrogens with zero attached hydrogens (tertiary/aromatic N) is 3. The number of carbonyl (C=O) groups is 1. The zero-order valence-electron chi connectivity index (χ0n) is 15.2. The first kappa shape index (κ1) is 19.6. The molecule has 0 aliphatic carbocycles. The maximum atomic E-state index is 12.2. The predicted molar refractivity (Wildman–Crippen MR) is 110 cm³/mol. The number of amides is 1. The molecule has 4 nitrogen and oxygen atoms in total. The molecule has 0 radical (unpaired) electrons. The molecule has 1 amide bonds. The van der Waals surface area contributed by atoms with Crippen LogP contribution < -0.4 is 4.90 Å². The van der Waals surface area contributed by atoms with Crippen LogP contribution >= 0.6 is 34.5 Å². The number of benzene rings is 1. The summed E-state index contributed by atoms with van der Waals surface area (Å²) >= 11 is 13.6. The molecule has 2 atom stereocenters. The summed E-state index contributed by atoms with van der Waals surface area (Å²) in [5, 5.41) is 3.58. The summed E-state index contributed by atoms with van der Waals surface area (Å²) in [6.45, 7) is 9.14. The molecule has 1 saturated heterocycles. The molecule has 7 heteroatoms. The lowest BCUT2D eigenvalue weighted by Crippen LogP contribution is -2.38. The Morgan fingerprint density at radius 3 is 2.58 bits per heavy atom. The molecular formula is C19H23Cl2N3OS. The minimum absolute atomic E-state index is 0.107. The Kier molecular flexibility index (Phi) is 6.23. The molecule has 1 aromatic heterocycles. The first-order valence-corrected chi connectivity index (χ1v) is 10.4. The van der Waals surface area contributed by atoms with Crippen LogP contribution in [0.5, 0.6) is 0 Å². The van der Waals surface area contributed by atoms with Crippen molar-refractivity contribution in [1.29, 1.82) is 0 Å². The SMILES string of the molecule is CC(=O)N(c1ccc(Cl)c(Cl)c1)c1nc(CN2C[C@H](C)C[C@@H](C)C2)cs1. The van der Waals surface area contributed by atoms with Gasteiger partial charge in [-0.2, -0.15) is 0 Å². The molecule has 0 unspecified atom stereocenters. The van der Waals surface area contributed by atoms with Crippen molar-refractivity contribution in [1.82, 2.24) is 9.88 Å². The Balaban J connectivity index is 1.79. The fourth-order valence-corrected chi connectivity index (χ4v) is 4.84. The molecule has 2 heterocycles. The van der Waals surface area contributed by atoms with E-state index in [1.54, 1.807) is 23.1 Å². The largest absolute Gasteiger partial charge is 0.297 e. The van der Waals surface area contributed by atoms with Crippen molar-refractivity contribution >= 4 is 51.3 Å². The van der Waals surface area contributed by atoms with Gasteiger partial charge in [-0.15, -0.1) is 11.3 Å². The number of halogens is 2. The maximum Gasteiger partial charge on any atom is 0.230 e. The van der Waals surface area contributed by atoms with Crippen molar-refractivity contribution in [3.05, 3.63) is 39.3 Å². The van der Waals surface area contributed by atoms with Crippen LogP contribution in [0, 0.1) is 11.8 Å². The number of piperidine rings is 1. The van der Waals surface area contributed by atoms with Gasteiger partial charge in [0.1, 0.15) is 0 Å². The second kappa shape index (κ2) is 8.26. The van der Waals surface area contributed by atoms with Gasteiger partial charge in [0.2, 0.25) is 5.91 Å². The number of hydrogen-bond acceptors (Lipinski definition) is 4. The van der Waals surface area contributed by atoms with Crippen molar-refractivity contribution in [3.63, 3.8) is 0 Å². The van der Waals surface area contributed by atoms with E-state index in [4.69, 9.17) is 28.2 Å². The van der Waals surface area contributed by atoms with Crippen molar-refractivity contribution in [2.45, 2.75) is 33.7 Å². The van der Waals surface area contributed by atoms with Crippen LogP contribution in [0.25, 0.3) is 0 Å². The van der Waals surface area contributed by atoms with Crippen molar-refractivity contribution in [2.75, 3.05) is 18.0 Å². The molecule has 3 rings (SSSR count). The van der Waals surface area contributed by atoms with E-state index in [0.29, 0.717) is 32.7 Å². The van der Waals surface area contributed by atoms with Gasteiger partial charge < -0.3 is 0 Å². The zero-order chi connectivity index (χ0) is 18.8. The highest BCUT2D eigenvalue weighted by Gasteiger charge is 2.24. The topological polar surface area (TPSA) is 36.4 Å². The third kappa shape index (κ3) is 4.58. The molecule has 140 valence electrons. The number of anilines is 2. The number of thiazole rings is 1. The van der Waals surface area contributed by atoms with Crippen molar-refractivity contribution in [2.24, 2.45) is 11.8 Å². The molecular weight excluding hydrogens is 389 g/mol. The zero-order valence-corrected chi connectivity index (χ0v) is 17.5. The van der Waals surface area contributed by atoms with E-state index in [0.717, 1.165) is 25.3 Å². The summed E-state index contributed by atoms with van der Waals surface area (Å²) in [6.07, 6.45) is 1.29. The quantitative estimate of drug-likeness (QED) is 0.655. The summed E-state index contributed by atoms with van der Waals surface area (Å²) in [7, 11) is 0. The standard InChI is InChI=1S/C19H23Cl2N3OS/c1-12-6-13(2)9-23(8-12)10-15-11-26-19(22-15)24(14(3)25)16-4-5-17(20)18(21)7-16/h4-5,7,11-13H,6,8-10H2,1-3H3/t12-,13-/m1/s1. The summed E-state index contributed by atoms with van der Waals surface area (Å²) < 4.78 is 0. The molecule has 1 fully saturated rings. The molecule has 0 bridgehead atoms. The first-order valence-electron chi connectivity index (χ1n) is 8.76. The number of carbonyl (C=O) groups excluding carboxylic acids is 1. The summed E-state index contributed by atoms with van der Waals surface area (Å²) in [5.41, 5.74) is 1.67. The molecule has 0 spiro atoms. The van der Waals surface area contributed by atoms with Crippen LogP contribution in [-0.2, 0) is 11.3 Å². The van der Waals surface area contributed by atoms with Crippen molar-refractivity contribution in [3.8, 4) is 0 Å². The normalized spacial score (nSPS) is 21.0. The van der Waals surface area contributed by atoms with E-state index in [1.165, 1.54) is 24.7 Å². The molecule has 1 aromatic carbocycles. The fourth-order valence-electron chi connectivity index (χ4n) is 3.67. The van der Waals surface area contributed by atoms with E-state index in [1.807, 2.05) is 5.38 Å². The van der Waals surface area contributed by atoms with Gasteiger partial charge >= 0.3 is 0 Å². The van der Waals surface area contributed by atoms with Gasteiger partial charge in [-0.1, -0.05) is 37.0 Å². The first-order chi connectivity index (χ1) is 12.3. The molecule has 1 aliphatic rings. The third-order valence-electron chi connectivity index (χ3n) is 4.54. The van der Waals surface area contributed by atoms with E-state index < -0.39 is 0 Å². The van der Waals surface area contributed by atoms with E-state index in [9.17, 15) is 4.79 Å². The summed E-state index contributed by atoms with van der Waals surface area (Å²) in [4.78, 5) is 21.0. The van der Waals surface area contributed by atoms with E-state index in [2.05, 4.69) is 18.7 Å². The Morgan fingerprint density at radius 2 is 1.96 bits per heavy atom. The van der Waals surface area contributed by atoms with Gasteiger partial charge in [-0.25, -0.2) is 4.98 Å². The van der Waals surface area contributed by atoms with Crippen molar-refractivity contribution < 1.29 is 4.79 Å². The summed E-state index contributed by atoms with van der Waals surface area (Å²) in [6, 6.07) is 5.17. The number of likely N-dealkylation sites (tertiary alicyclic amines) is 1.